The predicted octanol–water partition coefficient (Wildman–Crippen LogP) is 0.827. The molecule has 0 spiro atoms. The van der Waals surface area contributed by atoms with Gasteiger partial charge in [-0.1, -0.05) is 5.16 Å². The normalized spacial score (nSPS) is 15.9. The molecule has 0 radical (unpaired) electrons. The summed E-state index contributed by atoms with van der Waals surface area (Å²) in [6, 6.07) is 0. The third-order valence-corrected chi connectivity index (χ3v) is 1.58. The van der Waals surface area contributed by atoms with Crippen molar-refractivity contribution in [2.24, 2.45) is 5.73 Å². The SMILES string of the molecule is COCC(C)(N)c1noc(C(F)F)n1. The van der Waals surface area contributed by atoms with E-state index in [1.54, 1.807) is 6.92 Å². The molecule has 0 fully saturated rings. The van der Waals surface area contributed by atoms with E-state index in [9.17, 15) is 8.78 Å². The van der Waals surface area contributed by atoms with Gasteiger partial charge in [-0.25, -0.2) is 0 Å². The van der Waals surface area contributed by atoms with E-state index in [1.165, 1.54) is 7.11 Å². The van der Waals surface area contributed by atoms with E-state index in [0.29, 0.717) is 0 Å². The second kappa shape index (κ2) is 3.97. The minimum Gasteiger partial charge on any atom is -0.382 e. The monoisotopic (exact) mass is 207 g/mol. The number of nitrogens with zero attached hydrogens (tertiary/aromatic N) is 2. The summed E-state index contributed by atoms with van der Waals surface area (Å²) in [6.45, 7) is 1.69. The summed E-state index contributed by atoms with van der Waals surface area (Å²) in [5, 5.41) is 3.36. The lowest BCUT2D eigenvalue weighted by atomic mass is 10.1. The quantitative estimate of drug-likeness (QED) is 0.791. The Labute approximate surface area is 79.2 Å². The highest BCUT2D eigenvalue weighted by molar-refractivity contribution is 5.02. The molecule has 80 valence electrons. The molecule has 1 atom stereocenters. The lowest BCUT2D eigenvalue weighted by Gasteiger charge is -2.18. The molecule has 0 aliphatic heterocycles. The van der Waals surface area contributed by atoms with Gasteiger partial charge < -0.3 is 15.0 Å². The fraction of sp³-hybridized carbons (Fsp3) is 0.714. The molecular formula is C7H11F2N3O2. The summed E-state index contributed by atoms with van der Waals surface area (Å²) in [5.74, 6) is -0.720. The first-order chi connectivity index (χ1) is 6.47. The Kier molecular flexibility index (Phi) is 3.12. The van der Waals surface area contributed by atoms with E-state index < -0.39 is 17.9 Å². The van der Waals surface area contributed by atoms with E-state index in [1.807, 2.05) is 0 Å². The number of nitrogens with two attached hydrogens (primary N) is 1. The Morgan fingerprint density at radius 1 is 1.64 bits per heavy atom. The van der Waals surface area contributed by atoms with Crippen LogP contribution in [0.1, 0.15) is 25.1 Å². The highest BCUT2D eigenvalue weighted by Crippen LogP contribution is 2.20. The van der Waals surface area contributed by atoms with Gasteiger partial charge in [-0.3, -0.25) is 0 Å². The van der Waals surface area contributed by atoms with Crippen molar-refractivity contribution in [3.63, 3.8) is 0 Å². The Bertz CT molecular complexity index is 301. The zero-order valence-electron chi connectivity index (χ0n) is 7.83. The molecule has 0 aliphatic rings. The molecule has 0 aliphatic carbocycles. The van der Waals surface area contributed by atoms with Crippen molar-refractivity contribution in [3.05, 3.63) is 11.7 Å². The van der Waals surface area contributed by atoms with Crippen molar-refractivity contribution in [2.45, 2.75) is 18.9 Å². The van der Waals surface area contributed by atoms with Crippen molar-refractivity contribution in [3.8, 4) is 0 Å². The van der Waals surface area contributed by atoms with E-state index >= 15 is 0 Å². The molecule has 0 amide bonds. The van der Waals surface area contributed by atoms with Gasteiger partial charge >= 0.3 is 6.43 Å². The van der Waals surface area contributed by atoms with Crippen LogP contribution in [-0.4, -0.2) is 23.9 Å². The highest BCUT2D eigenvalue weighted by Gasteiger charge is 2.29. The molecule has 0 saturated heterocycles. The Balaban J connectivity index is 2.85. The molecule has 1 rings (SSSR count). The smallest absolute Gasteiger partial charge is 0.315 e. The van der Waals surface area contributed by atoms with Crippen LogP contribution in [0.5, 0.6) is 0 Å². The zero-order chi connectivity index (χ0) is 10.8. The summed E-state index contributed by atoms with van der Waals surface area (Å²) in [6.07, 6.45) is -2.78. The largest absolute Gasteiger partial charge is 0.382 e. The van der Waals surface area contributed by atoms with Gasteiger partial charge in [0.2, 0.25) is 0 Å². The average Bonchev–Trinajstić information content (AvgIpc) is 2.51. The topological polar surface area (TPSA) is 74.2 Å². The van der Waals surface area contributed by atoms with Gasteiger partial charge in [0.15, 0.2) is 5.82 Å². The molecule has 0 bridgehead atoms. The van der Waals surface area contributed by atoms with Gasteiger partial charge in [0, 0.05) is 7.11 Å². The first-order valence-corrected chi connectivity index (χ1v) is 3.87. The number of alkyl halides is 2. The number of hydrogen-bond donors (Lipinski definition) is 1. The van der Waals surface area contributed by atoms with Crippen LogP contribution in [0.3, 0.4) is 0 Å². The van der Waals surface area contributed by atoms with Crippen molar-refractivity contribution < 1.29 is 18.0 Å². The molecule has 2 N–H and O–H groups in total. The number of aromatic nitrogens is 2. The Morgan fingerprint density at radius 2 is 2.29 bits per heavy atom. The number of hydrogen-bond acceptors (Lipinski definition) is 5. The van der Waals surface area contributed by atoms with Crippen LogP contribution in [0.4, 0.5) is 8.78 Å². The van der Waals surface area contributed by atoms with Crippen LogP contribution in [0.15, 0.2) is 4.52 Å². The second-order valence-electron chi connectivity index (χ2n) is 3.11. The Morgan fingerprint density at radius 3 is 2.71 bits per heavy atom. The first-order valence-electron chi connectivity index (χ1n) is 3.87. The van der Waals surface area contributed by atoms with Gasteiger partial charge in [-0.2, -0.15) is 13.8 Å². The maximum absolute atomic E-state index is 12.1. The van der Waals surface area contributed by atoms with Gasteiger partial charge in [0.1, 0.15) is 5.54 Å². The maximum Gasteiger partial charge on any atom is 0.315 e. The van der Waals surface area contributed by atoms with Crippen LogP contribution in [0.25, 0.3) is 0 Å². The number of halogens is 2. The predicted molar refractivity (Wildman–Crippen MR) is 42.7 cm³/mol. The van der Waals surface area contributed by atoms with Crippen LogP contribution in [0.2, 0.25) is 0 Å². The van der Waals surface area contributed by atoms with Crippen LogP contribution in [-0.2, 0) is 10.3 Å². The second-order valence-corrected chi connectivity index (χ2v) is 3.11. The third-order valence-electron chi connectivity index (χ3n) is 1.58. The number of ether oxygens (including phenoxy) is 1. The van der Waals surface area contributed by atoms with Crippen molar-refractivity contribution >= 4 is 0 Å². The molecule has 14 heavy (non-hydrogen) atoms. The fourth-order valence-electron chi connectivity index (χ4n) is 0.920. The van der Waals surface area contributed by atoms with Crippen molar-refractivity contribution in [2.75, 3.05) is 13.7 Å². The first kappa shape index (κ1) is 11.0. The molecule has 0 aromatic carbocycles. The van der Waals surface area contributed by atoms with E-state index in [0.717, 1.165) is 0 Å². The average molecular weight is 207 g/mol. The van der Waals surface area contributed by atoms with Gasteiger partial charge in [0.05, 0.1) is 6.61 Å². The van der Waals surface area contributed by atoms with Crippen LogP contribution < -0.4 is 5.73 Å². The zero-order valence-corrected chi connectivity index (χ0v) is 7.83. The minimum absolute atomic E-state index is 0.00894. The summed E-state index contributed by atoms with van der Waals surface area (Å²) >= 11 is 0. The molecule has 5 nitrogen and oxygen atoms in total. The van der Waals surface area contributed by atoms with E-state index in [2.05, 4.69) is 14.7 Å². The number of rotatable bonds is 4. The lowest BCUT2D eigenvalue weighted by molar-refractivity contribution is 0.105. The molecular weight excluding hydrogens is 196 g/mol. The van der Waals surface area contributed by atoms with Crippen LogP contribution >= 0.6 is 0 Å². The molecule has 1 unspecified atom stereocenters. The van der Waals surface area contributed by atoms with E-state index in [4.69, 9.17) is 10.5 Å². The highest BCUT2D eigenvalue weighted by atomic mass is 19.3. The van der Waals surface area contributed by atoms with Crippen molar-refractivity contribution in [1.82, 2.24) is 10.1 Å². The summed E-state index contributed by atoms with van der Waals surface area (Å²) < 4.78 is 33.3. The molecule has 1 aromatic rings. The van der Waals surface area contributed by atoms with Gasteiger partial charge in [-0.05, 0) is 6.92 Å². The molecule has 1 heterocycles. The van der Waals surface area contributed by atoms with Gasteiger partial charge in [-0.15, -0.1) is 0 Å². The van der Waals surface area contributed by atoms with Crippen LogP contribution in [0, 0.1) is 0 Å². The minimum atomic E-state index is -2.78. The maximum atomic E-state index is 12.1. The fourth-order valence-corrected chi connectivity index (χ4v) is 0.920. The summed E-state index contributed by atoms with van der Waals surface area (Å²) in [4.78, 5) is 3.47. The number of methoxy groups -OCH3 is 1. The van der Waals surface area contributed by atoms with Crippen molar-refractivity contribution in [1.29, 1.82) is 0 Å². The molecule has 7 heteroatoms. The third kappa shape index (κ3) is 2.24. The van der Waals surface area contributed by atoms with E-state index in [-0.39, 0.29) is 12.4 Å². The molecule has 1 aromatic heterocycles. The Hall–Kier alpha value is -1.08. The standard InChI is InChI=1S/C7H11F2N3O2/c1-7(10,3-13-2)6-11-5(4(8)9)14-12-6/h4H,3,10H2,1-2H3. The summed E-state index contributed by atoms with van der Waals surface area (Å²) in [5.41, 5.74) is 4.68. The summed E-state index contributed by atoms with van der Waals surface area (Å²) in [7, 11) is 1.44. The lowest BCUT2D eigenvalue weighted by Crippen LogP contribution is -2.39. The molecule has 0 saturated carbocycles. The van der Waals surface area contributed by atoms with Gasteiger partial charge in [0.25, 0.3) is 5.89 Å².